The van der Waals surface area contributed by atoms with E-state index in [0.29, 0.717) is 36.2 Å². The van der Waals surface area contributed by atoms with Crippen molar-refractivity contribution in [3.8, 4) is 5.75 Å². The maximum Gasteiger partial charge on any atom is 0.361 e. The van der Waals surface area contributed by atoms with E-state index in [2.05, 4.69) is 28.1 Å². The SMILES string of the molecule is Cc1nc(CC2CCN(c3ccc(Cc4cccnc4)cn3)CC2)nc(C(=O)OC(C)(C)C)c1OCc1ccccc1. The Morgan fingerprint density at radius 3 is 2.33 bits per heavy atom. The molecule has 0 amide bonds. The Balaban J connectivity index is 1.23. The van der Waals surface area contributed by atoms with Crippen LogP contribution < -0.4 is 9.64 Å². The Kier molecular flexibility index (Phi) is 9.10. The minimum absolute atomic E-state index is 0.191. The van der Waals surface area contributed by atoms with Crippen LogP contribution in [-0.2, 0) is 24.2 Å². The van der Waals surface area contributed by atoms with Crippen molar-refractivity contribution in [3.63, 3.8) is 0 Å². The van der Waals surface area contributed by atoms with E-state index in [1.807, 2.05) is 76.5 Å². The summed E-state index contributed by atoms with van der Waals surface area (Å²) in [5, 5.41) is 0. The lowest BCUT2D eigenvalue weighted by molar-refractivity contribution is 0.00572. The first-order chi connectivity index (χ1) is 20.2. The molecule has 1 fully saturated rings. The van der Waals surface area contributed by atoms with Gasteiger partial charge in [-0.3, -0.25) is 4.98 Å². The highest BCUT2D eigenvalue weighted by Gasteiger charge is 2.27. The molecule has 0 radical (unpaired) electrons. The maximum atomic E-state index is 13.2. The number of benzene rings is 1. The van der Waals surface area contributed by atoms with E-state index in [0.717, 1.165) is 43.7 Å². The molecule has 0 atom stereocenters. The molecule has 0 unspecified atom stereocenters. The molecule has 0 N–H and O–H groups in total. The lowest BCUT2D eigenvalue weighted by Crippen LogP contribution is -2.35. The van der Waals surface area contributed by atoms with E-state index in [1.165, 1.54) is 11.1 Å². The highest BCUT2D eigenvalue weighted by molar-refractivity contribution is 5.90. The van der Waals surface area contributed by atoms with Crippen molar-refractivity contribution < 1.29 is 14.3 Å². The van der Waals surface area contributed by atoms with E-state index >= 15 is 0 Å². The van der Waals surface area contributed by atoms with Gasteiger partial charge in [0.05, 0.1) is 5.69 Å². The molecule has 4 heterocycles. The number of ether oxygens (including phenoxy) is 2. The number of aryl methyl sites for hydroxylation is 1. The lowest BCUT2D eigenvalue weighted by atomic mass is 9.93. The third-order valence-corrected chi connectivity index (χ3v) is 7.25. The first kappa shape index (κ1) is 29.2. The Bertz CT molecular complexity index is 1460. The van der Waals surface area contributed by atoms with Crippen molar-refractivity contribution in [2.24, 2.45) is 5.92 Å². The molecule has 8 nitrogen and oxygen atoms in total. The van der Waals surface area contributed by atoms with Crippen LogP contribution in [0, 0.1) is 12.8 Å². The monoisotopic (exact) mass is 565 g/mol. The van der Waals surface area contributed by atoms with Crippen LogP contribution in [0.4, 0.5) is 5.82 Å². The number of esters is 1. The molecule has 8 heteroatoms. The summed E-state index contributed by atoms with van der Waals surface area (Å²) in [5.41, 5.74) is 3.54. The predicted molar refractivity (Wildman–Crippen MR) is 163 cm³/mol. The van der Waals surface area contributed by atoms with Crippen molar-refractivity contribution in [1.82, 2.24) is 19.9 Å². The summed E-state index contributed by atoms with van der Waals surface area (Å²) in [5.74, 6) is 1.95. The van der Waals surface area contributed by atoms with Gasteiger partial charge in [-0.25, -0.2) is 19.7 Å². The Morgan fingerprint density at radius 1 is 0.929 bits per heavy atom. The van der Waals surface area contributed by atoms with Crippen molar-refractivity contribution in [2.75, 3.05) is 18.0 Å². The number of aromatic nitrogens is 4. The molecule has 5 rings (SSSR count). The van der Waals surface area contributed by atoms with Crippen LogP contribution in [-0.4, -0.2) is 44.6 Å². The molecule has 1 aliphatic rings. The van der Waals surface area contributed by atoms with Gasteiger partial charge in [0.2, 0.25) is 0 Å². The number of anilines is 1. The fourth-order valence-electron chi connectivity index (χ4n) is 5.15. The first-order valence-electron chi connectivity index (χ1n) is 14.6. The summed E-state index contributed by atoms with van der Waals surface area (Å²) in [6, 6.07) is 18.1. The summed E-state index contributed by atoms with van der Waals surface area (Å²) in [6.07, 6.45) is 9.16. The topological polar surface area (TPSA) is 90.3 Å². The molecule has 1 aliphatic heterocycles. The molecule has 4 aromatic rings. The Morgan fingerprint density at radius 2 is 1.67 bits per heavy atom. The minimum atomic E-state index is -0.648. The van der Waals surface area contributed by atoms with Crippen LogP contribution in [0.25, 0.3) is 0 Å². The number of piperidine rings is 1. The van der Waals surface area contributed by atoms with Crippen molar-refractivity contribution in [3.05, 3.63) is 107 Å². The molecule has 0 spiro atoms. The number of pyridine rings is 2. The summed E-state index contributed by atoms with van der Waals surface area (Å²) >= 11 is 0. The molecular weight excluding hydrogens is 526 g/mol. The third kappa shape index (κ3) is 7.90. The average molecular weight is 566 g/mol. The second-order valence-electron chi connectivity index (χ2n) is 11.9. The average Bonchev–Trinajstić information content (AvgIpc) is 2.97. The molecule has 1 aromatic carbocycles. The van der Waals surface area contributed by atoms with Gasteiger partial charge in [-0.15, -0.1) is 0 Å². The smallest absolute Gasteiger partial charge is 0.361 e. The van der Waals surface area contributed by atoms with Crippen LogP contribution in [0.5, 0.6) is 5.75 Å². The normalized spacial score (nSPS) is 14.0. The molecule has 0 bridgehead atoms. The summed E-state index contributed by atoms with van der Waals surface area (Å²) in [4.78, 5) is 34.0. The van der Waals surface area contributed by atoms with Crippen LogP contribution in [0.1, 0.15) is 72.3 Å². The lowest BCUT2D eigenvalue weighted by Gasteiger charge is -2.32. The molecule has 3 aromatic heterocycles. The summed E-state index contributed by atoms with van der Waals surface area (Å²) in [6.45, 7) is 9.55. The molecule has 0 saturated carbocycles. The zero-order valence-electron chi connectivity index (χ0n) is 24.9. The van der Waals surface area contributed by atoms with E-state index < -0.39 is 11.6 Å². The number of hydrogen-bond donors (Lipinski definition) is 0. The summed E-state index contributed by atoms with van der Waals surface area (Å²) < 4.78 is 11.8. The predicted octanol–water partition coefficient (Wildman–Crippen LogP) is 6.16. The van der Waals surface area contributed by atoms with Gasteiger partial charge < -0.3 is 14.4 Å². The second-order valence-corrected chi connectivity index (χ2v) is 11.9. The van der Waals surface area contributed by atoms with E-state index in [-0.39, 0.29) is 5.69 Å². The fourth-order valence-corrected chi connectivity index (χ4v) is 5.15. The van der Waals surface area contributed by atoms with Crippen LogP contribution in [0.15, 0.2) is 73.2 Å². The van der Waals surface area contributed by atoms with Gasteiger partial charge in [0.1, 0.15) is 23.9 Å². The zero-order valence-corrected chi connectivity index (χ0v) is 24.9. The van der Waals surface area contributed by atoms with Gasteiger partial charge >= 0.3 is 5.97 Å². The van der Waals surface area contributed by atoms with E-state index in [4.69, 9.17) is 24.4 Å². The standard InChI is InChI=1S/C34H39N5O3/c1-24-32(41-23-26-9-6-5-7-10-26)31(33(40)42-34(2,3)4)38-29(37-24)20-25-14-17-39(18-15-25)30-13-12-28(22-36-30)19-27-11-8-16-35-21-27/h5-13,16,21-22,25H,14-15,17-20,23H2,1-4H3. The number of hydrogen-bond acceptors (Lipinski definition) is 8. The van der Waals surface area contributed by atoms with Gasteiger partial charge in [0.15, 0.2) is 11.4 Å². The van der Waals surface area contributed by atoms with Crippen LogP contribution in [0.2, 0.25) is 0 Å². The molecule has 218 valence electrons. The number of nitrogens with zero attached hydrogens (tertiary/aromatic N) is 5. The quantitative estimate of drug-likeness (QED) is 0.223. The van der Waals surface area contributed by atoms with Crippen molar-refractivity contribution in [1.29, 1.82) is 0 Å². The summed E-state index contributed by atoms with van der Waals surface area (Å²) in [7, 11) is 0. The molecule has 1 saturated heterocycles. The molecule has 0 aliphatic carbocycles. The van der Waals surface area contributed by atoms with E-state index in [9.17, 15) is 4.79 Å². The maximum absolute atomic E-state index is 13.2. The fraction of sp³-hybridized carbons (Fsp3) is 0.382. The van der Waals surface area contributed by atoms with Gasteiger partial charge in [0.25, 0.3) is 0 Å². The second kappa shape index (κ2) is 13.1. The Hall–Kier alpha value is -4.33. The number of carbonyl (C=O) groups excluding carboxylic acids is 1. The van der Waals surface area contributed by atoms with Gasteiger partial charge in [-0.1, -0.05) is 42.5 Å². The third-order valence-electron chi connectivity index (χ3n) is 7.25. The zero-order chi connectivity index (χ0) is 29.5. The van der Waals surface area contributed by atoms with Gasteiger partial charge in [0, 0.05) is 44.5 Å². The van der Waals surface area contributed by atoms with Crippen molar-refractivity contribution >= 4 is 11.8 Å². The largest absolute Gasteiger partial charge is 0.484 e. The minimum Gasteiger partial charge on any atom is -0.484 e. The van der Waals surface area contributed by atoms with Crippen molar-refractivity contribution in [2.45, 2.75) is 65.6 Å². The Labute approximate surface area is 248 Å². The van der Waals surface area contributed by atoms with Crippen LogP contribution >= 0.6 is 0 Å². The molecule has 42 heavy (non-hydrogen) atoms. The number of carbonyl (C=O) groups is 1. The van der Waals surface area contributed by atoms with Crippen LogP contribution in [0.3, 0.4) is 0 Å². The van der Waals surface area contributed by atoms with Gasteiger partial charge in [-0.05, 0) is 75.3 Å². The highest BCUT2D eigenvalue weighted by Crippen LogP contribution is 2.28. The van der Waals surface area contributed by atoms with E-state index in [1.54, 1.807) is 6.20 Å². The number of rotatable bonds is 9. The van der Waals surface area contributed by atoms with Gasteiger partial charge in [-0.2, -0.15) is 0 Å². The highest BCUT2D eigenvalue weighted by atomic mass is 16.6. The first-order valence-corrected chi connectivity index (χ1v) is 14.6. The molecular formula is C34H39N5O3.